The maximum atomic E-state index is 5.44. The molecule has 1 aromatic carbocycles. The van der Waals surface area contributed by atoms with Crippen LogP contribution in [0.2, 0.25) is 0 Å². The van der Waals surface area contributed by atoms with Gasteiger partial charge in [0.05, 0.1) is 12.3 Å². The quantitative estimate of drug-likeness (QED) is 0.903. The van der Waals surface area contributed by atoms with Gasteiger partial charge in [-0.15, -0.1) is 0 Å². The standard InChI is InChI=1S/C17H21NO/c1-12-9-16(11-19-12)17(18-2)15-8-7-13-5-3-4-6-14(13)10-15/h7-11,17-18H,3-6H2,1-2H3. The minimum Gasteiger partial charge on any atom is -0.469 e. The molecule has 1 heterocycles. The molecule has 1 aliphatic rings. The molecule has 0 fully saturated rings. The van der Waals surface area contributed by atoms with Gasteiger partial charge in [-0.1, -0.05) is 18.2 Å². The zero-order valence-electron chi connectivity index (χ0n) is 11.7. The van der Waals surface area contributed by atoms with Crippen LogP contribution in [-0.2, 0) is 12.8 Å². The normalized spacial score (nSPS) is 16.1. The summed E-state index contributed by atoms with van der Waals surface area (Å²) in [7, 11) is 2.01. The van der Waals surface area contributed by atoms with E-state index in [1.54, 1.807) is 0 Å². The summed E-state index contributed by atoms with van der Waals surface area (Å²) in [5.41, 5.74) is 5.61. The van der Waals surface area contributed by atoms with Crippen LogP contribution in [0.25, 0.3) is 0 Å². The SMILES string of the molecule is CNC(c1coc(C)c1)c1ccc2c(c1)CCCC2. The molecule has 2 heteroatoms. The summed E-state index contributed by atoms with van der Waals surface area (Å²) in [5, 5.41) is 3.39. The first kappa shape index (κ1) is 12.5. The van der Waals surface area contributed by atoms with E-state index in [-0.39, 0.29) is 6.04 Å². The molecule has 1 atom stereocenters. The van der Waals surface area contributed by atoms with Crippen molar-refractivity contribution in [2.24, 2.45) is 0 Å². The second-order valence-electron chi connectivity index (χ2n) is 5.45. The van der Waals surface area contributed by atoms with Crippen molar-refractivity contribution in [2.75, 3.05) is 7.05 Å². The van der Waals surface area contributed by atoms with Crippen LogP contribution in [0.5, 0.6) is 0 Å². The van der Waals surface area contributed by atoms with Gasteiger partial charge in [0.15, 0.2) is 0 Å². The molecule has 0 amide bonds. The van der Waals surface area contributed by atoms with E-state index < -0.39 is 0 Å². The van der Waals surface area contributed by atoms with Gasteiger partial charge in [-0.05, 0) is 62.4 Å². The lowest BCUT2D eigenvalue weighted by Crippen LogP contribution is -2.17. The second-order valence-corrected chi connectivity index (χ2v) is 5.45. The first-order valence-corrected chi connectivity index (χ1v) is 7.12. The maximum absolute atomic E-state index is 5.44. The van der Waals surface area contributed by atoms with Crippen LogP contribution >= 0.6 is 0 Å². The van der Waals surface area contributed by atoms with Crippen LogP contribution in [-0.4, -0.2) is 7.05 Å². The molecule has 1 unspecified atom stereocenters. The zero-order chi connectivity index (χ0) is 13.2. The predicted molar refractivity (Wildman–Crippen MR) is 77.4 cm³/mol. The molecule has 0 aliphatic heterocycles. The van der Waals surface area contributed by atoms with Crippen LogP contribution in [0, 0.1) is 6.92 Å². The van der Waals surface area contributed by atoms with Crippen LogP contribution in [0.3, 0.4) is 0 Å². The summed E-state index contributed by atoms with van der Waals surface area (Å²) >= 11 is 0. The average molecular weight is 255 g/mol. The van der Waals surface area contributed by atoms with Crippen molar-refractivity contribution in [3.05, 3.63) is 58.5 Å². The lowest BCUT2D eigenvalue weighted by Gasteiger charge is -2.20. The van der Waals surface area contributed by atoms with Crippen LogP contribution < -0.4 is 5.32 Å². The number of fused-ring (bicyclic) bond motifs is 1. The minimum absolute atomic E-state index is 0.227. The fourth-order valence-electron chi connectivity index (χ4n) is 3.07. The first-order valence-electron chi connectivity index (χ1n) is 7.12. The van der Waals surface area contributed by atoms with Gasteiger partial charge in [0.2, 0.25) is 0 Å². The summed E-state index contributed by atoms with van der Waals surface area (Å²) in [6, 6.07) is 9.28. The van der Waals surface area contributed by atoms with Crippen molar-refractivity contribution in [1.82, 2.24) is 5.32 Å². The molecule has 0 saturated carbocycles. The van der Waals surface area contributed by atoms with Crippen LogP contribution in [0.15, 0.2) is 34.9 Å². The van der Waals surface area contributed by atoms with Gasteiger partial charge in [-0.25, -0.2) is 0 Å². The monoisotopic (exact) mass is 255 g/mol. The summed E-state index contributed by atoms with van der Waals surface area (Å²) in [6.07, 6.45) is 6.98. The van der Waals surface area contributed by atoms with E-state index in [1.165, 1.54) is 47.9 Å². The third kappa shape index (κ3) is 2.45. The molecule has 2 aromatic rings. The van der Waals surface area contributed by atoms with E-state index in [0.717, 1.165) is 5.76 Å². The Morgan fingerprint density at radius 2 is 1.84 bits per heavy atom. The Balaban J connectivity index is 1.95. The molecule has 1 aliphatic carbocycles. The van der Waals surface area contributed by atoms with E-state index in [4.69, 9.17) is 4.42 Å². The second kappa shape index (κ2) is 5.22. The van der Waals surface area contributed by atoms with Crippen LogP contribution in [0.4, 0.5) is 0 Å². The Kier molecular flexibility index (Phi) is 3.43. The fraction of sp³-hybridized carbons (Fsp3) is 0.412. The van der Waals surface area contributed by atoms with Crippen molar-refractivity contribution in [3.8, 4) is 0 Å². The highest BCUT2D eigenvalue weighted by atomic mass is 16.3. The van der Waals surface area contributed by atoms with Gasteiger partial charge >= 0.3 is 0 Å². The molecule has 1 aromatic heterocycles. The highest BCUT2D eigenvalue weighted by Gasteiger charge is 2.17. The molecule has 100 valence electrons. The molecular formula is C17H21NO. The number of hydrogen-bond acceptors (Lipinski definition) is 2. The molecule has 3 rings (SSSR count). The van der Waals surface area contributed by atoms with Gasteiger partial charge in [0.25, 0.3) is 0 Å². The van der Waals surface area contributed by atoms with E-state index in [2.05, 4.69) is 29.6 Å². The van der Waals surface area contributed by atoms with Gasteiger partial charge in [0.1, 0.15) is 5.76 Å². The molecule has 0 bridgehead atoms. The van der Waals surface area contributed by atoms with Crippen molar-refractivity contribution < 1.29 is 4.42 Å². The lowest BCUT2D eigenvalue weighted by molar-refractivity contribution is 0.527. The van der Waals surface area contributed by atoms with Crippen molar-refractivity contribution >= 4 is 0 Å². The van der Waals surface area contributed by atoms with E-state index in [0.29, 0.717) is 0 Å². The average Bonchev–Trinajstić information content (AvgIpc) is 2.86. The number of nitrogens with one attached hydrogen (secondary N) is 1. The fourth-order valence-corrected chi connectivity index (χ4v) is 3.07. The summed E-state index contributed by atoms with van der Waals surface area (Å²) < 4.78 is 5.44. The number of furan rings is 1. The van der Waals surface area contributed by atoms with Crippen molar-refractivity contribution in [2.45, 2.75) is 38.6 Å². The third-order valence-corrected chi connectivity index (χ3v) is 4.08. The topological polar surface area (TPSA) is 25.2 Å². The predicted octanol–water partition coefficient (Wildman–Crippen LogP) is 3.78. The van der Waals surface area contributed by atoms with Crippen molar-refractivity contribution in [3.63, 3.8) is 0 Å². The number of benzene rings is 1. The number of aryl methyl sites for hydroxylation is 3. The highest BCUT2D eigenvalue weighted by Crippen LogP contribution is 2.28. The smallest absolute Gasteiger partial charge is 0.101 e. The highest BCUT2D eigenvalue weighted by molar-refractivity contribution is 5.38. The molecule has 0 saturated heterocycles. The largest absolute Gasteiger partial charge is 0.469 e. The van der Waals surface area contributed by atoms with E-state index in [1.807, 2.05) is 20.2 Å². The van der Waals surface area contributed by atoms with Gasteiger partial charge in [0, 0.05) is 5.56 Å². The Bertz CT molecular complexity index is 570. The summed E-state index contributed by atoms with van der Waals surface area (Å²) in [6.45, 7) is 1.99. The van der Waals surface area contributed by atoms with Crippen molar-refractivity contribution in [1.29, 1.82) is 0 Å². The van der Waals surface area contributed by atoms with E-state index >= 15 is 0 Å². The van der Waals surface area contributed by atoms with Gasteiger partial charge in [-0.3, -0.25) is 0 Å². The molecule has 2 nitrogen and oxygen atoms in total. The van der Waals surface area contributed by atoms with Gasteiger partial charge in [-0.2, -0.15) is 0 Å². The Morgan fingerprint density at radius 3 is 2.53 bits per heavy atom. The zero-order valence-corrected chi connectivity index (χ0v) is 11.7. The Hall–Kier alpha value is -1.54. The van der Waals surface area contributed by atoms with Crippen LogP contribution in [0.1, 0.15) is 46.9 Å². The Morgan fingerprint density at radius 1 is 1.05 bits per heavy atom. The van der Waals surface area contributed by atoms with E-state index in [9.17, 15) is 0 Å². The molecule has 0 radical (unpaired) electrons. The minimum atomic E-state index is 0.227. The summed E-state index contributed by atoms with van der Waals surface area (Å²) in [5.74, 6) is 0.966. The first-order chi connectivity index (χ1) is 9.28. The van der Waals surface area contributed by atoms with Gasteiger partial charge < -0.3 is 9.73 Å². The summed E-state index contributed by atoms with van der Waals surface area (Å²) in [4.78, 5) is 0. The number of hydrogen-bond donors (Lipinski definition) is 1. The molecule has 1 N–H and O–H groups in total. The third-order valence-electron chi connectivity index (χ3n) is 4.08. The number of rotatable bonds is 3. The maximum Gasteiger partial charge on any atom is 0.101 e. The Labute approximate surface area is 114 Å². The molecular weight excluding hydrogens is 234 g/mol. The molecule has 19 heavy (non-hydrogen) atoms. The molecule has 0 spiro atoms. The lowest BCUT2D eigenvalue weighted by atomic mass is 9.88.